The summed E-state index contributed by atoms with van der Waals surface area (Å²) in [5.74, 6) is -0.720. The molecule has 0 atom stereocenters. The third-order valence-corrected chi connectivity index (χ3v) is 5.27. The lowest BCUT2D eigenvalue weighted by Crippen LogP contribution is -2.38. The molecule has 0 aromatic heterocycles. The monoisotopic (exact) mass is 430 g/mol. The Morgan fingerprint density at radius 3 is 2.39 bits per heavy atom. The molecule has 1 aliphatic heterocycles. The van der Waals surface area contributed by atoms with Crippen LogP contribution < -0.4 is 5.32 Å². The second-order valence-electron chi connectivity index (χ2n) is 6.86. The van der Waals surface area contributed by atoms with E-state index in [0.717, 1.165) is 18.2 Å². The first-order valence-electron chi connectivity index (χ1n) is 8.87. The molecule has 1 heterocycles. The minimum Gasteiger partial charge on any atom is -0.325 e. The lowest BCUT2D eigenvalue weighted by molar-refractivity contribution is -0.137. The van der Waals surface area contributed by atoms with Crippen LogP contribution in [0.2, 0.25) is 10.0 Å². The number of alkyl halides is 3. The average molecular weight is 431 g/mol. The Balaban J connectivity index is 1.59. The van der Waals surface area contributed by atoms with Crippen LogP contribution >= 0.6 is 23.2 Å². The quantitative estimate of drug-likeness (QED) is 0.658. The number of nitrogens with one attached hydrogen (secondary N) is 1. The van der Waals surface area contributed by atoms with Gasteiger partial charge in [0.2, 0.25) is 5.91 Å². The van der Waals surface area contributed by atoms with Crippen molar-refractivity contribution in [3.05, 3.63) is 63.6 Å². The van der Waals surface area contributed by atoms with E-state index < -0.39 is 17.6 Å². The number of hydrogen-bond acceptors (Lipinski definition) is 2. The molecular weight excluding hydrogens is 412 g/mol. The lowest BCUT2D eigenvalue weighted by Gasteiger charge is -2.31. The van der Waals surface area contributed by atoms with Crippen LogP contribution in [0.4, 0.5) is 18.9 Å². The summed E-state index contributed by atoms with van der Waals surface area (Å²) in [6.07, 6.45) is -3.42. The summed E-state index contributed by atoms with van der Waals surface area (Å²) in [6, 6.07) is 10.9. The van der Waals surface area contributed by atoms with Gasteiger partial charge in [-0.15, -0.1) is 0 Å². The van der Waals surface area contributed by atoms with Gasteiger partial charge in [-0.2, -0.15) is 13.2 Å². The maximum absolute atomic E-state index is 13.2. The Hall–Kier alpha value is -1.76. The second-order valence-corrected chi connectivity index (χ2v) is 7.73. The largest absolute Gasteiger partial charge is 0.418 e. The smallest absolute Gasteiger partial charge is 0.325 e. The molecule has 0 spiro atoms. The van der Waals surface area contributed by atoms with Gasteiger partial charge in [0.1, 0.15) is 0 Å². The Morgan fingerprint density at radius 1 is 1.07 bits per heavy atom. The first-order valence-corrected chi connectivity index (χ1v) is 9.62. The number of benzene rings is 2. The molecule has 0 saturated carbocycles. The molecule has 0 radical (unpaired) electrons. The van der Waals surface area contributed by atoms with Gasteiger partial charge in [-0.1, -0.05) is 35.3 Å². The van der Waals surface area contributed by atoms with Crippen molar-refractivity contribution < 1.29 is 18.0 Å². The average Bonchev–Trinajstić information content (AvgIpc) is 2.63. The highest BCUT2D eigenvalue weighted by molar-refractivity contribution is 6.31. The van der Waals surface area contributed by atoms with E-state index >= 15 is 0 Å². The Labute approximate surface area is 171 Å². The highest BCUT2D eigenvalue weighted by atomic mass is 35.5. The van der Waals surface area contributed by atoms with Crippen molar-refractivity contribution in [3.8, 4) is 0 Å². The number of nitrogens with zero attached hydrogens (tertiary/aromatic N) is 1. The van der Waals surface area contributed by atoms with Gasteiger partial charge in [0.05, 0.1) is 11.3 Å². The standard InChI is InChI=1S/C20H19Cl2F3N2O/c21-15-3-1-2-13(10-15)12-27-8-6-14(7-9-27)19(28)26-18-5-4-16(22)11-17(18)20(23,24)25/h1-5,10-11,14H,6-9,12H2,(H,26,28). The minimum atomic E-state index is -4.59. The maximum atomic E-state index is 13.2. The van der Waals surface area contributed by atoms with E-state index in [9.17, 15) is 18.0 Å². The molecule has 3 nitrogen and oxygen atoms in total. The number of anilines is 1. The van der Waals surface area contributed by atoms with Crippen LogP contribution in [0.25, 0.3) is 0 Å². The summed E-state index contributed by atoms with van der Waals surface area (Å²) in [4.78, 5) is 14.7. The van der Waals surface area contributed by atoms with Crippen LogP contribution in [0.1, 0.15) is 24.0 Å². The highest BCUT2D eigenvalue weighted by Gasteiger charge is 2.35. The van der Waals surface area contributed by atoms with E-state index in [2.05, 4.69) is 10.2 Å². The predicted molar refractivity (Wildman–Crippen MR) is 105 cm³/mol. The summed E-state index contributed by atoms with van der Waals surface area (Å²) < 4.78 is 39.5. The van der Waals surface area contributed by atoms with Crippen molar-refractivity contribution in [2.45, 2.75) is 25.6 Å². The molecule has 3 rings (SSSR count). The number of halogens is 5. The number of hydrogen-bond donors (Lipinski definition) is 1. The fraction of sp³-hybridized carbons (Fsp3) is 0.350. The first kappa shape index (κ1) is 21.0. The zero-order valence-electron chi connectivity index (χ0n) is 14.9. The Morgan fingerprint density at radius 2 is 1.75 bits per heavy atom. The fourth-order valence-corrected chi connectivity index (χ4v) is 3.73. The fourth-order valence-electron chi connectivity index (χ4n) is 3.34. The number of amides is 1. The number of carbonyl (C=O) groups excluding carboxylic acids is 1. The van der Waals surface area contributed by atoms with Gasteiger partial charge < -0.3 is 5.32 Å². The molecular formula is C20H19Cl2F3N2O. The van der Waals surface area contributed by atoms with Gasteiger partial charge in [0.25, 0.3) is 0 Å². The zero-order valence-corrected chi connectivity index (χ0v) is 16.4. The molecule has 150 valence electrons. The van der Waals surface area contributed by atoms with Gasteiger partial charge >= 0.3 is 6.18 Å². The molecule has 2 aromatic rings. The van der Waals surface area contributed by atoms with Gasteiger partial charge in [0.15, 0.2) is 0 Å². The molecule has 1 fully saturated rings. The van der Waals surface area contributed by atoms with Crippen LogP contribution in [0.15, 0.2) is 42.5 Å². The molecule has 2 aromatic carbocycles. The van der Waals surface area contributed by atoms with E-state index in [1.54, 1.807) is 0 Å². The lowest BCUT2D eigenvalue weighted by atomic mass is 9.95. The molecule has 8 heteroatoms. The summed E-state index contributed by atoms with van der Waals surface area (Å²) >= 11 is 11.7. The molecule has 1 saturated heterocycles. The molecule has 1 amide bonds. The third kappa shape index (κ3) is 5.40. The molecule has 1 N–H and O–H groups in total. The van der Waals surface area contributed by atoms with Crippen molar-refractivity contribution in [2.24, 2.45) is 5.92 Å². The SMILES string of the molecule is O=C(Nc1ccc(Cl)cc1C(F)(F)F)C1CCN(Cc2cccc(Cl)c2)CC1. The van der Waals surface area contributed by atoms with Gasteiger partial charge in [-0.05, 0) is 61.8 Å². The molecule has 0 bridgehead atoms. The Bertz CT molecular complexity index is 850. The van der Waals surface area contributed by atoms with Crippen molar-refractivity contribution in [3.63, 3.8) is 0 Å². The summed E-state index contributed by atoms with van der Waals surface area (Å²) in [5.41, 5.74) is -0.110. The number of rotatable bonds is 4. The minimum absolute atomic E-state index is 0.0281. The van der Waals surface area contributed by atoms with E-state index in [1.807, 2.05) is 24.3 Å². The van der Waals surface area contributed by atoms with Crippen LogP contribution in [0.5, 0.6) is 0 Å². The van der Waals surface area contributed by atoms with Crippen molar-refractivity contribution >= 4 is 34.8 Å². The van der Waals surface area contributed by atoms with Crippen LogP contribution in [-0.4, -0.2) is 23.9 Å². The first-order chi connectivity index (χ1) is 13.2. The molecule has 0 unspecified atom stereocenters. The Kier molecular flexibility index (Phi) is 6.53. The van der Waals surface area contributed by atoms with Crippen molar-refractivity contribution in [1.29, 1.82) is 0 Å². The van der Waals surface area contributed by atoms with Crippen molar-refractivity contribution in [2.75, 3.05) is 18.4 Å². The van der Waals surface area contributed by atoms with Crippen molar-refractivity contribution in [1.82, 2.24) is 4.90 Å². The van der Waals surface area contributed by atoms with Gasteiger partial charge in [-0.3, -0.25) is 9.69 Å². The third-order valence-electron chi connectivity index (χ3n) is 4.80. The summed E-state index contributed by atoms with van der Waals surface area (Å²) in [6.45, 7) is 2.11. The van der Waals surface area contributed by atoms with Crippen LogP contribution in [0, 0.1) is 5.92 Å². The number of piperidine rings is 1. The van der Waals surface area contributed by atoms with Gasteiger partial charge in [-0.25, -0.2) is 0 Å². The van der Waals surface area contributed by atoms with Crippen LogP contribution in [0.3, 0.4) is 0 Å². The molecule has 28 heavy (non-hydrogen) atoms. The topological polar surface area (TPSA) is 32.3 Å². The summed E-state index contributed by atoms with van der Waals surface area (Å²) in [7, 11) is 0. The van der Waals surface area contributed by atoms with Gasteiger partial charge in [0, 0.05) is 22.5 Å². The van der Waals surface area contributed by atoms with E-state index in [-0.39, 0.29) is 16.6 Å². The molecule has 1 aliphatic rings. The van der Waals surface area contributed by atoms with Crippen LogP contribution in [-0.2, 0) is 17.5 Å². The summed E-state index contributed by atoms with van der Waals surface area (Å²) in [5, 5.41) is 3.08. The van der Waals surface area contributed by atoms with E-state index in [0.29, 0.717) is 31.0 Å². The maximum Gasteiger partial charge on any atom is 0.418 e. The van der Waals surface area contributed by atoms with E-state index in [1.165, 1.54) is 12.1 Å². The number of likely N-dealkylation sites (tertiary alicyclic amines) is 1. The highest BCUT2D eigenvalue weighted by Crippen LogP contribution is 2.37. The number of carbonyl (C=O) groups is 1. The second kappa shape index (κ2) is 8.72. The zero-order chi connectivity index (χ0) is 20.3. The predicted octanol–water partition coefficient (Wildman–Crippen LogP) is 5.86. The molecule has 0 aliphatic carbocycles. The van der Waals surface area contributed by atoms with E-state index in [4.69, 9.17) is 23.2 Å². The normalized spacial score (nSPS) is 16.2.